The fourth-order valence-electron chi connectivity index (χ4n) is 7.83. The second kappa shape index (κ2) is 9.63. The first-order chi connectivity index (χ1) is 18.9. The highest BCUT2D eigenvalue weighted by Crippen LogP contribution is 2.61. The second-order valence-corrected chi connectivity index (χ2v) is 12.7. The lowest BCUT2D eigenvalue weighted by molar-refractivity contribution is -0.124. The quantitative estimate of drug-likeness (QED) is 0.255. The minimum absolute atomic E-state index is 0.0687. The maximum absolute atomic E-state index is 13.5. The van der Waals surface area contributed by atoms with Crippen LogP contribution in [0.15, 0.2) is 82.3 Å². The number of halogens is 1. The third kappa shape index (κ3) is 4.78. The van der Waals surface area contributed by atoms with Gasteiger partial charge in [-0.25, -0.2) is 4.98 Å². The van der Waals surface area contributed by atoms with Gasteiger partial charge in [0.2, 0.25) is 11.8 Å². The van der Waals surface area contributed by atoms with E-state index in [0.717, 1.165) is 27.6 Å². The monoisotopic (exact) mass is 583 g/mol. The van der Waals surface area contributed by atoms with Crippen molar-refractivity contribution in [2.75, 3.05) is 5.32 Å². The lowest BCUT2D eigenvalue weighted by Gasteiger charge is -2.56. The number of fused-ring (bicyclic) bond motifs is 1. The Morgan fingerprint density at radius 1 is 0.949 bits per heavy atom. The molecule has 0 aliphatic heterocycles. The van der Waals surface area contributed by atoms with E-state index in [9.17, 15) is 9.59 Å². The summed E-state index contributed by atoms with van der Waals surface area (Å²) >= 11 is 3.41. The predicted octanol–water partition coefficient (Wildman–Crippen LogP) is 7.49. The van der Waals surface area contributed by atoms with Crippen molar-refractivity contribution >= 4 is 38.3 Å². The number of anilines is 1. The molecule has 4 saturated carbocycles. The first kappa shape index (κ1) is 24.6. The zero-order valence-corrected chi connectivity index (χ0v) is 23.2. The number of hydrogen-bond donors (Lipinski definition) is 1. The number of pyridine rings is 2. The van der Waals surface area contributed by atoms with Gasteiger partial charge in [-0.05, 0) is 110 Å². The Morgan fingerprint density at radius 2 is 1.67 bits per heavy atom. The van der Waals surface area contributed by atoms with Gasteiger partial charge in [-0.15, -0.1) is 0 Å². The topological polar surface area (TPSA) is 73.2 Å². The van der Waals surface area contributed by atoms with Crippen LogP contribution in [0.2, 0.25) is 0 Å². The molecule has 6 nitrogen and oxygen atoms in total. The number of nitrogens with one attached hydrogen (secondary N) is 1. The average Bonchev–Trinajstić information content (AvgIpc) is 2.90. The van der Waals surface area contributed by atoms with Gasteiger partial charge in [0.05, 0.1) is 11.9 Å². The highest BCUT2D eigenvalue weighted by Gasteiger charge is 2.51. The van der Waals surface area contributed by atoms with Crippen LogP contribution in [-0.2, 0) is 4.79 Å². The number of rotatable bonds is 6. The Balaban J connectivity index is 1.10. The first-order valence-corrected chi connectivity index (χ1v) is 14.6. The number of amides is 1. The van der Waals surface area contributed by atoms with Crippen LogP contribution in [-0.4, -0.2) is 15.5 Å². The fraction of sp³-hybridized carbons (Fsp3) is 0.344. The Kier molecular flexibility index (Phi) is 6.07. The van der Waals surface area contributed by atoms with Gasteiger partial charge in [0, 0.05) is 39.6 Å². The zero-order valence-electron chi connectivity index (χ0n) is 21.6. The van der Waals surface area contributed by atoms with E-state index in [1.807, 2.05) is 48.5 Å². The Bertz CT molecular complexity index is 1580. The molecule has 2 aromatic carbocycles. The van der Waals surface area contributed by atoms with Crippen LogP contribution in [0.3, 0.4) is 0 Å². The van der Waals surface area contributed by atoms with Crippen molar-refractivity contribution in [3.63, 3.8) is 0 Å². The van der Waals surface area contributed by atoms with E-state index in [1.165, 1.54) is 38.5 Å². The summed E-state index contributed by atoms with van der Waals surface area (Å²) in [6.07, 6.45) is 11.7. The van der Waals surface area contributed by atoms with Crippen LogP contribution in [0.4, 0.5) is 5.69 Å². The largest absolute Gasteiger partial charge is 0.439 e. The molecule has 1 N–H and O–H groups in total. The van der Waals surface area contributed by atoms with Gasteiger partial charge < -0.3 is 10.1 Å². The normalized spacial score (nSPS) is 25.1. The minimum atomic E-state index is -0.159. The van der Waals surface area contributed by atoms with E-state index in [2.05, 4.69) is 26.2 Å². The molecule has 4 aliphatic carbocycles. The summed E-state index contributed by atoms with van der Waals surface area (Å²) in [5.41, 5.74) is 1.35. The van der Waals surface area contributed by atoms with Crippen molar-refractivity contribution in [1.29, 1.82) is 0 Å². The van der Waals surface area contributed by atoms with Crippen molar-refractivity contribution in [3.05, 3.63) is 87.9 Å². The highest BCUT2D eigenvalue weighted by atomic mass is 79.9. The number of benzene rings is 2. The minimum Gasteiger partial charge on any atom is -0.439 e. The molecular weight excluding hydrogens is 554 g/mol. The number of carbonyl (C=O) groups excluding carboxylic acids is 1. The van der Waals surface area contributed by atoms with Gasteiger partial charge in [0.15, 0.2) is 0 Å². The highest BCUT2D eigenvalue weighted by molar-refractivity contribution is 9.10. The molecule has 7 heteroatoms. The van der Waals surface area contributed by atoms with E-state index in [4.69, 9.17) is 4.74 Å². The molecule has 4 fully saturated rings. The van der Waals surface area contributed by atoms with Gasteiger partial charge in [0.25, 0.3) is 5.56 Å². The molecule has 0 saturated heterocycles. The number of aromatic nitrogens is 2. The van der Waals surface area contributed by atoms with Gasteiger partial charge in [-0.1, -0.05) is 22.0 Å². The number of nitrogens with zero attached hydrogens (tertiary/aromatic N) is 2. The van der Waals surface area contributed by atoms with Gasteiger partial charge in [-0.3, -0.25) is 14.2 Å². The fourth-order valence-corrected chi connectivity index (χ4v) is 8.09. The molecule has 4 aromatic rings. The summed E-state index contributed by atoms with van der Waals surface area (Å²) in [6, 6.07) is 18.5. The average molecular weight is 585 g/mol. The standard InChI is InChI=1S/C32H30BrN3O3/c33-23-4-7-25(8-5-23)39-30-9-6-24(19-34-30)36-11-10-26-27(31(36)38)2-1-3-28(26)35-29(37)18-32-15-20-12-21(16-32)14-22(13-20)17-32/h1-11,19-22H,12-18H2,(H,35,37). The van der Waals surface area contributed by atoms with Crippen LogP contribution in [0.5, 0.6) is 11.6 Å². The number of ether oxygens (including phenoxy) is 1. The van der Waals surface area contributed by atoms with E-state index in [1.54, 1.807) is 29.1 Å². The Morgan fingerprint density at radius 3 is 2.33 bits per heavy atom. The maximum Gasteiger partial charge on any atom is 0.263 e. The molecule has 0 atom stereocenters. The molecule has 0 unspecified atom stereocenters. The SMILES string of the molecule is O=C(CC12CC3CC(CC(C3)C1)C2)Nc1cccc2c(=O)n(-c3ccc(Oc4ccc(Br)cc4)nc3)ccc12. The molecule has 2 aromatic heterocycles. The second-order valence-electron chi connectivity index (χ2n) is 11.8. The third-order valence-electron chi connectivity index (χ3n) is 8.96. The summed E-state index contributed by atoms with van der Waals surface area (Å²) in [5, 5.41) is 4.47. The summed E-state index contributed by atoms with van der Waals surface area (Å²) in [5.74, 6) is 3.64. The molecule has 4 bridgehead atoms. The van der Waals surface area contributed by atoms with Crippen molar-refractivity contribution in [3.8, 4) is 17.3 Å². The molecule has 1 amide bonds. The lowest BCUT2D eigenvalue weighted by atomic mass is 9.49. The number of hydrogen-bond acceptors (Lipinski definition) is 4. The van der Waals surface area contributed by atoms with Gasteiger partial charge in [0.1, 0.15) is 5.75 Å². The van der Waals surface area contributed by atoms with Crippen molar-refractivity contribution in [1.82, 2.24) is 9.55 Å². The summed E-state index contributed by atoms with van der Waals surface area (Å²) in [4.78, 5) is 31.1. The van der Waals surface area contributed by atoms with Crippen LogP contribution in [0, 0.1) is 23.2 Å². The molecule has 4 aliphatic rings. The Labute approximate surface area is 235 Å². The van der Waals surface area contributed by atoms with E-state index < -0.39 is 0 Å². The van der Waals surface area contributed by atoms with Crippen molar-refractivity contribution in [2.24, 2.45) is 23.2 Å². The third-order valence-corrected chi connectivity index (χ3v) is 9.48. The number of carbonyl (C=O) groups is 1. The summed E-state index contributed by atoms with van der Waals surface area (Å²) in [7, 11) is 0. The van der Waals surface area contributed by atoms with Gasteiger partial charge >= 0.3 is 0 Å². The predicted molar refractivity (Wildman–Crippen MR) is 155 cm³/mol. The summed E-state index contributed by atoms with van der Waals surface area (Å²) < 4.78 is 8.35. The van der Waals surface area contributed by atoms with Crippen molar-refractivity contribution in [2.45, 2.75) is 44.9 Å². The molecule has 39 heavy (non-hydrogen) atoms. The van der Waals surface area contributed by atoms with Crippen LogP contribution >= 0.6 is 15.9 Å². The van der Waals surface area contributed by atoms with E-state index in [0.29, 0.717) is 34.8 Å². The van der Waals surface area contributed by atoms with Crippen LogP contribution in [0.25, 0.3) is 16.5 Å². The molecule has 8 rings (SSSR count). The molecule has 0 spiro atoms. The van der Waals surface area contributed by atoms with Gasteiger partial charge in [-0.2, -0.15) is 0 Å². The maximum atomic E-state index is 13.5. The zero-order chi connectivity index (χ0) is 26.6. The molecule has 198 valence electrons. The van der Waals surface area contributed by atoms with E-state index in [-0.39, 0.29) is 16.9 Å². The van der Waals surface area contributed by atoms with Crippen molar-refractivity contribution < 1.29 is 9.53 Å². The van der Waals surface area contributed by atoms with E-state index >= 15 is 0 Å². The van der Waals surface area contributed by atoms with Crippen LogP contribution in [0.1, 0.15) is 44.9 Å². The lowest BCUT2D eigenvalue weighted by Crippen LogP contribution is -2.47. The Hall–Kier alpha value is -3.45. The van der Waals surface area contributed by atoms with Crippen LogP contribution < -0.4 is 15.6 Å². The first-order valence-electron chi connectivity index (χ1n) is 13.8. The molecule has 0 radical (unpaired) electrons. The summed E-state index contributed by atoms with van der Waals surface area (Å²) in [6.45, 7) is 0. The molecular formula is C32H30BrN3O3. The molecule has 2 heterocycles. The smallest absolute Gasteiger partial charge is 0.263 e.